The molecule has 0 saturated carbocycles. The number of aliphatic carboxylic acids is 1. The first-order valence-corrected chi connectivity index (χ1v) is 7.92. The minimum atomic E-state index is -1.43. The number of amides is 4. The van der Waals surface area contributed by atoms with E-state index >= 15 is 0 Å². The Bertz CT molecular complexity index is 568. The molecule has 0 aromatic heterocycles. The summed E-state index contributed by atoms with van der Waals surface area (Å²) in [6, 6.07) is -4.13. The molecule has 0 rings (SSSR count). The van der Waals surface area contributed by atoms with Gasteiger partial charge >= 0.3 is 5.97 Å². The molecule has 4 atom stereocenters. The van der Waals surface area contributed by atoms with E-state index in [0.29, 0.717) is 0 Å². The van der Waals surface area contributed by atoms with Crippen molar-refractivity contribution in [1.82, 2.24) is 16.0 Å². The maximum absolute atomic E-state index is 11.9. The normalized spacial score (nSPS) is 15.0. The predicted octanol–water partition coefficient (Wildman–Crippen LogP) is -4.88. The van der Waals surface area contributed by atoms with Crippen LogP contribution in [0.2, 0.25) is 0 Å². The molecule has 0 spiro atoms. The smallest absolute Gasteiger partial charge is 0.326 e. The van der Waals surface area contributed by atoms with Gasteiger partial charge in [0.15, 0.2) is 0 Å². The van der Waals surface area contributed by atoms with E-state index in [2.05, 4.69) is 16.0 Å². The van der Waals surface area contributed by atoms with Gasteiger partial charge in [0.05, 0.1) is 19.3 Å². The number of carboxylic acids is 1. The highest BCUT2D eigenvalue weighted by atomic mass is 16.4. The van der Waals surface area contributed by atoms with Gasteiger partial charge in [-0.2, -0.15) is 0 Å². The molecule has 4 amide bonds. The predicted molar refractivity (Wildman–Crippen MR) is 89.7 cm³/mol. The van der Waals surface area contributed by atoms with Crippen molar-refractivity contribution in [3.63, 3.8) is 0 Å². The molecule has 27 heavy (non-hydrogen) atoms. The van der Waals surface area contributed by atoms with Gasteiger partial charge in [-0.05, 0) is 13.3 Å². The van der Waals surface area contributed by atoms with Gasteiger partial charge in [-0.15, -0.1) is 0 Å². The molecule has 0 fully saturated rings. The molecule has 0 aromatic rings. The standard InChI is InChI=1S/C14H25N5O8/c1-6(21)11(16)13(25)19-8(5-20)12(24)17-4-10(23)18-7(14(26)27)2-3-9(15)22/h6-8,11,20-21H,2-5,16H2,1H3,(H2,15,22)(H,17,24)(H,18,23)(H,19,25)(H,26,27). The van der Waals surface area contributed by atoms with E-state index in [1.54, 1.807) is 0 Å². The summed E-state index contributed by atoms with van der Waals surface area (Å²) in [7, 11) is 0. The summed E-state index contributed by atoms with van der Waals surface area (Å²) in [5.74, 6) is -4.81. The Morgan fingerprint density at radius 2 is 1.63 bits per heavy atom. The summed E-state index contributed by atoms with van der Waals surface area (Å²) >= 11 is 0. The SMILES string of the molecule is CC(O)C(N)C(=O)NC(CO)C(=O)NCC(=O)NC(CCC(N)=O)C(=O)O. The van der Waals surface area contributed by atoms with Crippen molar-refractivity contribution in [1.29, 1.82) is 0 Å². The summed E-state index contributed by atoms with van der Waals surface area (Å²) in [4.78, 5) is 57.0. The number of carboxylic acid groups (broad SMARTS) is 1. The number of aliphatic hydroxyl groups excluding tert-OH is 2. The van der Waals surface area contributed by atoms with Crippen LogP contribution in [-0.4, -0.2) is 82.3 Å². The van der Waals surface area contributed by atoms with Crippen LogP contribution < -0.4 is 27.4 Å². The van der Waals surface area contributed by atoms with Crippen LogP contribution in [0.15, 0.2) is 0 Å². The summed E-state index contributed by atoms with van der Waals surface area (Å²) < 4.78 is 0. The van der Waals surface area contributed by atoms with Crippen molar-refractivity contribution in [2.24, 2.45) is 11.5 Å². The second-order valence-electron chi connectivity index (χ2n) is 5.69. The third-order valence-corrected chi connectivity index (χ3v) is 3.37. The quantitative estimate of drug-likeness (QED) is 0.159. The number of carbonyl (C=O) groups is 5. The van der Waals surface area contributed by atoms with Crippen LogP contribution in [0.25, 0.3) is 0 Å². The summed E-state index contributed by atoms with van der Waals surface area (Å²) in [5.41, 5.74) is 10.3. The van der Waals surface area contributed by atoms with Crippen LogP contribution in [0, 0.1) is 0 Å². The molecule has 0 bridgehead atoms. The molecular formula is C14H25N5O8. The average Bonchev–Trinajstić information content (AvgIpc) is 2.59. The molecule has 154 valence electrons. The summed E-state index contributed by atoms with van der Waals surface area (Å²) in [5, 5.41) is 33.7. The number of aliphatic hydroxyl groups is 2. The molecule has 0 heterocycles. The average molecular weight is 391 g/mol. The van der Waals surface area contributed by atoms with Gasteiger partial charge in [-0.3, -0.25) is 19.2 Å². The number of nitrogens with two attached hydrogens (primary N) is 2. The van der Waals surface area contributed by atoms with Crippen molar-refractivity contribution in [2.75, 3.05) is 13.2 Å². The van der Waals surface area contributed by atoms with Gasteiger partial charge < -0.3 is 42.7 Å². The lowest BCUT2D eigenvalue weighted by atomic mass is 10.1. The monoisotopic (exact) mass is 391 g/mol. The maximum atomic E-state index is 11.9. The second kappa shape index (κ2) is 11.8. The van der Waals surface area contributed by atoms with Crippen LogP contribution >= 0.6 is 0 Å². The van der Waals surface area contributed by atoms with Crippen LogP contribution in [0.4, 0.5) is 0 Å². The number of rotatable bonds is 12. The van der Waals surface area contributed by atoms with Gasteiger partial charge in [-0.1, -0.05) is 0 Å². The van der Waals surface area contributed by atoms with Crippen LogP contribution in [0.3, 0.4) is 0 Å². The van der Waals surface area contributed by atoms with Gasteiger partial charge in [-0.25, -0.2) is 4.79 Å². The Morgan fingerprint density at radius 1 is 1.04 bits per heavy atom. The molecule has 0 aliphatic rings. The van der Waals surface area contributed by atoms with E-state index in [0.717, 1.165) is 0 Å². The van der Waals surface area contributed by atoms with Crippen molar-refractivity contribution < 1.29 is 39.3 Å². The summed E-state index contributed by atoms with van der Waals surface area (Å²) in [6.45, 7) is -0.185. The highest BCUT2D eigenvalue weighted by Crippen LogP contribution is 1.97. The molecule has 0 aromatic carbocycles. The zero-order valence-corrected chi connectivity index (χ0v) is 14.7. The molecule has 13 nitrogen and oxygen atoms in total. The highest BCUT2D eigenvalue weighted by Gasteiger charge is 2.26. The molecular weight excluding hydrogens is 366 g/mol. The first-order valence-electron chi connectivity index (χ1n) is 7.92. The Balaban J connectivity index is 4.58. The van der Waals surface area contributed by atoms with Crippen LogP contribution in [0.5, 0.6) is 0 Å². The third-order valence-electron chi connectivity index (χ3n) is 3.37. The fraction of sp³-hybridized carbons (Fsp3) is 0.643. The highest BCUT2D eigenvalue weighted by molar-refractivity contribution is 5.92. The van der Waals surface area contributed by atoms with E-state index < -0.39 is 67.0 Å². The van der Waals surface area contributed by atoms with Gasteiger partial charge in [0.25, 0.3) is 0 Å². The minimum Gasteiger partial charge on any atom is -0.480 e. The molecule has 13 heteroatoms. The topological polar surface area (TPSA) is 234 Å². The van der Waals surface area contributed by atoms with E-state index in [-0.39, 0.29) is 12.8 Å². The Kier molecular flexibility index (Phi) is 10.6. The fourth-order valence-electron chi connectivity index (χ4n) is 1.76. The fourth-order valence-corrected chi connectivity index (χ4v) is 1.76. The Morgan fingerprint density at radius 3 is 2.07 bits per heavy atom. The van der Waals surface area contributed by atoms with Gasteiger partial charge in [0.2, 0.25) is 23.6 Å². The molecule has 0 aliphatic carbocycles. The Hall–Kier alpha value is -2.77. The van der Waals surface area contributed by atoms with E-state index in [4.69, 9.17) is 16.6 Å². The lowest BCUT2D eigenvalue weighted by Crippen LogP contribution is -2.56. The molecule has 0 aliphatic heterocycles. The number of carbonyl (C=O) groups excluding carboxylic acids is 4. The van der Waals surface area contributed by atoms with Crippen LogP contribution in [0.1, 0.15) is 19.8 Å². The lowest BCUT2D eigenvalue weighted by molar-refractivity contribution is -0.142. The summed E-state index contributed by atoms with van der Waals surface area (Å²) in [6.07, 6.45) is -1.67. The molecule has 0 saturated heterocycles. The van der Waals surface area contributed by atoms with Crippen LogP contribution in [-0.2, 0) is 24.0 Å². The third kappa shape index (κ3) is 9.48. The number of primary amides is 1. The van der Waals surface area contributed by atoms with E-state index in [9.17, 15) is 34.2 Å². The zero-order chi connectivity index (χ0) is 21.1. The number of nitrogens with one attached hydrogen (secondary N) is 3. The van der Waals surface area contributed by atoms with Crippen molar-refractivity contribution >= 4 is 29.6 Å². The number of hydrogen-bond acceptors (Lipinski definition) is 8. The molecule has 10 N–H and O–H groups in total. The zero-order valence-electron chi connectivity index (χ0n) is 14.7. The van der Waals surface area contributed by atoms with Gasteiger partial charge in [0, 0.05) is 6.42 Å². The largest absolute Gasteiger partial charge is 0.480 e. The molecule has 0 radical (unpaired) electrons. The van der Waals surface area contributed by atoms with Crippen molar-refractivity contribution in [2.45, 2.75) is 44.0 Å². The van der Waals surface area contributed by atoms with Gasteiger partial charge in [0.1, 0.15) is 18.1 Å². The number of hydrogen-bond donors (Lipinski definition) is 8. The first kappa shape index (κ1) is 24.2. The van der Waals surface area contributed by atoms with Crippen molar-refractivity contribution in [3.05, 3.63) is 0 Å². The van der Waals surface area contributed by atoms with E-state index in [1.165, 1.54) is 6.92 Å². The van der Waals surface area contributed by atoms with E-state index in [1.807, 2.05) is 0 Å². The second-order valence-corrected chi connectivity index (χ2v) is 5.69. The van der Waals surface area contributed by atoms with Crippen molar-refractivity contribution in [3.8, 4) is 0 Å². The first-order chi connectivity index (χ1) is 12.5. The minimum absolute atomic E-state index is 0.225. The maximum Gasteiger partial charge on any atom is 0.326 e. The Labute approximate surface area is 154 Å². The lowest BCUT2D eigenvalue weighted by Gasteiger charge is -2.20. The molecule has 4 unspecified atom stereocenters.